The van der Waals surface area contributed by atoms with Crippen LogP contribution in [0.3, 0.4) is 0 Å². The Morgan fingerprint density at radius 1 is 0.550 bits per heavy atom. The molecule has 2 heteroatoms. The molecule has 0 aliphatic heterocycles. The summed E-state index contributed by atoms with van der Waals surface area (Å²) >= 11 is 0. The molecule has 0 rings (SSSR count). The standard InChI is InChI=1S/C18H39NO/c1-3-5-6-7-8-9-10-11-12-13-14-15-16-18-20-19-17-4-2/h19H,3-18H2,1-2H3. The monoisotopic (exact) mass is 285 g/mol. The molecule has 0 saturated carbocycles. The molecular weight excluding hydrogens is 246 g/mol. The van der Waals surface area contributed by atoms with E-state index in [0.717, 1.165) is 19.6 Å². The van der Waals surface area contributed by atoms with Crippen LogP contribution in [0.2, 0.25) is 0 Å². The highest BCUT2D eigenvalue weighted by Gasteiger charge is 1.94. The van der Waals surface area contributed by atoms with E-state index in [1.807, 2.05) is 0 Å². The van der Waals surface area contributed by atoms with Gasteiger partial charge in [0.2, 0.25) is 0 Å². The molecule has 20 heavy (non-hydrogen) atoms. The van der Waals surface area contributed by atoms with Gasteiger partial charge >= 0.3 is 0 Å². The van der Waals surface area contributed by atoms with Crippen molar-refractivity contribution >= 4 is 0 Å². The van der Waals surface area contributed by atoms with E-state index in [9.17, 15) is 0 Å². The predicted octanol–water partition coefficient (Wildman–Crippen LogP) is 6.01. The van der Waals surface area contributed by atoms with Crippen LogP contribution in [-0.4, -0.2) is 13.2 Å². The first-order valence-electron chi connectivity index (χ1n) is 9.26. The maximum atomic E-state index is 5.32. The summed E-state index contributed by atoms with van der Waals surface area (Å²) in [7, 11) is 0. The van der Waals surface area contributed by atoms with Gasteiger partial charge in [-0.2, -0.15) is 0 Å². The summed E-state index contributed by atoms with van der Waals surface area (Å²) in [6.45, 7) is 6.28. The Labute approximate surface area is 128 Å². The van der Waals surface area contributed by atoms with Crippen molar-refractivity contribution in [2.75, 3.05) is 13.2 Å². The quantitative estimate of drug-likeness (QED) is 0.261. The first kappa shape index (κ1) is 19.9. The first-order valence-corrected chi connectivity index (χ1v) is 9.26. The van der Waals surface area contributed by atoms with E-state index in [1.165, 1.54) is 83.5 Å². The fraction of sp³-hybridized carbons (Fsp3) is 1.00. The molecule has 0 unspecified atom stereocenters. The molecular formula is C18H39NO. The lowest BCUT2D eigenvalue weighted by molar-refractivity contribution is 0.0387. The Kier molecular flexibility index (Phi) is 18.8. The summed E-state index contributed by atoms with van der Waals surface area (Å²) in [6, 6.07) is 0. The van der Waals surface area contributed by atoms with Gasteiger partial charge in [0.1, 0.15) is 0 Å². The SMILES string of the molecule is CCCCCCCCCCCCCCCONCCC. The van der Waals surface area contributed by atoms with Crippen molar-refractivity contribution in [2.45, 2.75) is 104 Å². The molecule has 0 aromatic rings. The first-order chi connectivity index (χ1) is 9.91. The number of unbranched alkanes of at least 4 members (excludes halogenated alkanes) is 12. The summed E-state index contributed by atoms with van der Waals surface area (Å²) in [5.74, 6) is 0. The third-order valence-corrected chi connectivity index (χ3v) is 3.80. The lowest BCUT2D eigenvalue weighted by Gasteiger charge is -2.04. The lowest BCUT2D eigenvalue weighted by atomic mass is 10.0. The number of hydroxylamine groups is 1. The fourth-order valence-electron chi connectivity index (χ4n) is 2.44. The van der Waals surface area contributed by atoms with Crippen molar-refractivity contribution in [2.24, 2.45) is 0 Å². The van der Waals surface area contributed by atoms with Crippen molar-refractivity contribution in [3.8, 4) is 0 Å². The molecule has 0 aliphatic rings. The predicted molar refractivity (Wildman–Crippen MR) is 89.9 cm³/mol. The smallest absolute Gasteiger partial charge is 0.0682 e. The minimum Gasteiger partial charge on any atom is -0.302 e. The van der Waals surface area contributed by atoms with Gasteiger partial charge in [0, 0.05) is 6.54 Å². The van der Waals surface area contributed by atoms with E-state index in [0.29, 0.717) is 0 Å². The van der Waals surface area contributed by atoms with E-state index in [4.69, 9.17) is 4.84 Å². The molecule has 0 fully saturated rings. The Morgan fingerprint density at radius 2 is 1.00 bits per heavy atom. The van der Waals surface area contributed by atoms with Crippen LogP contribution in [0, 0.1) is 0 Å². The summed E-state index contributed by atoms with van der Waals surface area (Å²) in [6.07, 6.45) is 19.4. The highest BCUT2D eigenvalue weighted by molar-refractivity contribution is 4.48. The van der Waals surface area contributed by atoms with Crippen molar-refractivity contribution in [3.05, 3.63) is 0 Å². The van der Waals surface area contributed by atoms with Crippen molar-refractivity contribution in [3.63, 3.8) is 0 Å². The van der Waals surface area contributed by atoms with Gasteiger partial charge in [-0.05, 0) is 12.8 Å². The Balaban J connectivity index is 2.89. The van der Waals surface area contributed by atoms with Gasteiger partial charge in [-0.1, -0.05) is 90.9 Å². The van der Waals surface area contributed by atoms with Crippen LogP contribution in [0.4, 0.5) is 0 Å². The molecule has 0 atom stereocenters. The maximum Gasteiger partial charge on any atom is 0.0682 e. The molecule has 0 bridgehead atoms. The average molecular weight is 286 g/mol. The highest BCUT2D eigenvalue weighted by Crippen LogP contribution is 2.12. The zero-order valence-electron chi connectivity index (χ0n) is 14.2. The summed E-state index contributed by atoms with van der Waals surface area (Å²) < 4.78 is 0. The third-order valence-electron chi connectivity index (χ3n) is 3.80. The van der Waals surface area contributed by atoms with Crippen molar-refractivity contribution < 1.29 is 4.84 Å². The van der Waals surface area contributed by atoms with Crippen LogP contribution in [-0.2, 0) is 4.84 Å². The zero-order valence-corrected chi connectivity index (χ0v) is 14.2. The number of hydrogen-bond donors (Lipinski definition) is 1. The third kappa shape index (κ3) is 17.9. The minimum absolute atomic E-state index is 0.873. The number of hydrogen-bond acceptors (Lipinski definition) is 2. The van der Waals surface area contributed by atoms with E-state index in [-0.39, 0.29) is 0 Å². The van der Waals surface area contributed by atoms with E-state index in [2.05, 4.69) is 19.3 Å². The normalized spacial score (nSPS) is 11.1. The Morgan fingerprint density at radius 3 is 1.45 bits per heavy atom. The molecule has 1 N–H and O–H groups in total. The molecule has 0 aromatic heterocycles. The lowest BCUT2D eigenvalue weighted by Crippen LogP contribution is -2.15. The molecule has 0 spiro atoms. The molecule has 0 radical (unpaired) electrons. The molecule has 0 heterocycles. The topological polar surface area (TPSA) is 21.3 Å². The van der Waals surface area contributed by atoms with Gasteiger partial charge < -0.3 is 4.84 Å². The van der Waals surface area contributed by atoms with Crippen LogP contribution in [0.5, 0.6) is 0 Å². The average Bonchev–Trinajstić information content (AvgIpc) is 2.47. The number of rotatable bonds is 17. The van der Waals surface area contributed by atoms with Crippen molar-refractivity contribution in [1.29, 1.82) is 0 Å². The van der Waals surface area contributed by atoms with Crippen LogP contribution in [0.1, 0.15) is 104 Å². The van der Waals surface area contributed by atoms with Crippen LogP contribution >= 0.6 is 0 Å². The largest absolute Gasteiger partial charge is 0.302 e. The van der Waals surface area contributed by atoms with E-state index < -0.39 is 0 Å². The second kappa shape index (κ2) is 18.9. The van der Waals surface area contributed by atoms with E-state index >= 15 is 0 Å². The van der Waals surface area contributed by atoms with Gasteiger partial charge in [-0.25, -0.2) is 5.48 Å². The molecule has 0 amide bonds. The van der Waals surface area contributed by atoms with Crippen LogP contribution in [0.25, 0.3) is 0 Å². The summed E-state index contributed by atoms with van der Waals surface area (Å²) in [5, 5.41) is 0. The Hall–Kier alpha value is -0.0800. The van der Waals surface area contributed by atoms with Gasteiger partial charge in [0.15, 0.2) is 0 Å². The molecule has 0 aromatic carbocycles. The summed E-state index contributed by atoms with van der Waals surface area (Å²) in [5.41, 5.74) is 2.98. The molecule has 2 nitrogen and oxygen atoms in total. The molecule has 0 saturated heterocycles. The second-order valence-corrected chi connectivity index (χ2v) is 5.99. The molecule has 122 valence electrons. The number of nitrogens with one attached hydrogen (secondary N) is 1. The fourth-order valence-corrected chi connectivity index (χ4v) is 2.44. The second-order valence-electron chi connectivity index (χ2n) is 5.99. The molecule has 0 aliphatic carbocycles. The van der Waals surface area contributed by atoms with Gasteiger partial charge in [-0.15, -0.1) is 0 Å². The highest BCUT2D eigenvalue weighted by atomic mass is 16.6. The van der Waals surface area contributed by atoms with Gasteiger partial charge in [0.05, 0.1) is 6.61 Å². The van der Waals surface area contributed by atoms with Crippen LogP contribution in [0.15, 0.2) is 0 Å². The van der Waals surface area contributed by atoms with Gasteiger partial charge in [-0.3, -0.25) is 0 Å². The van der Waals surface area contributed by atoms with Gasteiger partial charge in [0.25, 0.3) is 0 Å². The summed E-state index contributed by atoms with van der Waals surface area (Å²) in [4.78, 5) is 5.32. The maximum absolute atomic E-state index is 5.32. The minimum atomic E-state index is 0.873. The van der Waals surface area contributed by atoms with Crippen LogP contribution < -0.4 is 5.48 Å². The zero-order chi connectivity index (χ0) is 14.7. The van der Waals surface area contributed by atoms with E-state index in [1.54, 1.807) is 0 Å². The van der Waals surface area contributed by atoms with Crippen molar-refractivity contribution in [1.82, 2.24) is 5.48 Å². The Bertz CT molecular complexity index is 143.